The maximum atomic E-state index is 6.12. The fourth-order valence-corrected chi connectivity index (χ4v) is 2.19. The van der Waals surface area contributed by atoms with Crippen LogP contribution >= 0.6 is 23.2 Å². The van der Waals surface area contributed by atoms with Gasteiger partial charge in [-0.25, -0.2) is 0 Å². The predicted molar refractivity (Wildman–Crippen MR) is 70.3 cm³/mol. The van der Waals surface area contributed by atoms with Crippen LogP contribution in [0.25, 0.3) is 0 Å². The van der Waals surface area contributed by atoms with Gasteiger partial charge in [0, 0.05) is 22.2 Å². The van der Waals surface area contributed by atoms with Gasteiger partial charge in [0.1, 0.15) is 5.76 Å². The molecular formula is C13H13Cl2NO. The number of furan rings is 1. The number of nitrogens with zero attached hydrogens (tertiary/aromatic N) is 1. The summed E-state index contributed by atoms with van der Waals surface area (Å²) in [6.07, 6.45) is 1.67. The first kappa shape index (κ1) is 12.5. The van der Waals surface area contributed by atoms with Crippen LogP contribution in [0.15, 0.2) is 41.0 Å². The summed E-state index contributed by atoms with van der Waals surface area (Å²) < 4.78 is 5.29. The fraction of sp³-hybridized carbons (Fsp3) is 0.231. The van der Waals surface area contributed by atoms with Gasteiger partial charge in [-0.1, -0.05) is 29.3 Å². The van der Waals surface area contributed by atoms with Crippen molar-refractivity contribution in [2.45, 2.75) is 13.1 Å². The van der Waals surface area contributed by atoms with E-state index in [1.165, 1.54) is 0 Å². The maximum absolute atomic E-state index is 6.12. The van der Waals surface area contributed by atoms with E-state index in [0.717, 1.165) is 17.9 Å². The van der Waals surface area contributed by atoms with Crippen LogP contribution in [-0.2, 0) is 13.1 Å². The Bertz CT molecular complexity index is 462. The Labute approximate surface area is 111 Å². The Hall–Kier alpha value is -0.960. The summed E-state index contributed by atoms with van der Waals surface area (Å²) in [6.45, 7) is 1.42. The monoisotopic (exact) mass is 269 g/mol. The topological polar surface area (TPSA) is 16.4 Å². The van der Waals surface area contributed by atoms with Gasteiger partial charge in [0.2, 0.25) is 0 Å². The zero-order chi connectivity index (χ0) is 12.3. The molecule has 1 aromatic carbocycles. The lowest BCUT2D eigenvalue weighted by Crippen LogP contribution is -2.17. The first-order chi connectivity index (χ1) is 8.16. The normalized spacial score (nSPS) is 11.1. The zero-order valence-corrected chi connectivity index (χ0v) is 11.0. The van der Waals surface area contributed by atoms with Crippen LogP contribution in [0.4, 0.5) is 0 Å². The average Bonchev–Trinajstić information content (AvgIpc) is 2.76. The first-order valence-corrected chi connectivity index (χ1v) is 6.06. The Kier molecular flexibility index (Phi) is 4.11. The number of benzene rings is 1. The third-order valence-corrected chi connectivity index (χ3v) is 3.20. The third kappa shape index (κ3) is 3.25. The number of rotatable bonds is 4. The quantitative estimate of drug-likeness (QED) is 0.827. The molecule has 17 heavy (non-hydrogen) atoms. The van der Waals surface area contributed by atoms with Gasteiger partial charge in [-0.3, -0.25) is 4.90 Å². The number of halogens is 2. The van der Waals surface area contributed by atoms with Gasteiger partial charge in [-0.05, 0) is 31.3 Å². The highest BCUT2D eigenvalue weighted by Crippen LogP contribution is 2.25. The van der Waals surface area contributed by atoms with Crippen molar-refractivity contribution >= 4 is 23.2 Å². The van der Waals surface area contributed by atoms with Crippen molar-refractivity contribution in [3.8, 4) is 0 Å². The molecule has 0 saturated carbocycles. The van der Waals surface area contributed by atoms with E-state index in [9.17, 15) is 0 Å². The van der Waals surface area contributed by atoms with Gasteiger partial charge in [0.05, 0.1) is 12.8 Å². The largest absolute Gasteiger partial charge is 0.468 e. The lowest BCUT2D eigenvalue weighted by Gasteiger charge is -2.17. The SMILES string of the molecule is CN(Cc1ccco1)Cc1c(Cl)cccc1Cl. The van der Waals surface area contributed by atoms with E-state index in [-0.39, 0.29) is 0 Å². The maximum Gasteiger partial charge on any atom is 0.117 e. The molecule has 0 aliphatic rings. The van der Waals surface area contributed by atoms with Gasteiger partial charge >= 0.3 is 0 Å². The third-order valence-electron chi connectivity index (χ3n) is 2.50. The van der Waals surface area contributed by atoms with Crippen molar-refractivity contribution in [2.24, 2.45) is 0 Å². The second kappa shape index (κ2) is 5.58. The second-order valence-electron chi connectivity index (χ2n) is 3.95. The molecule has 0 radical (unpaired) electrons. The van der Waals surface area contributed by atoms with E-state index in [4.69, 9.17) is 27.6 Å². The molecule has 2 rings (SSSR count). The molecule has 90 valence electrons. The Balaban J connectivity index is 2.05. The Morgan fingerprint density at radius 2 is 1.76 bits per heavy atom. The number of hydrogen-bond donors (Lipinski definition) is 0. The van der Waals surface area contributed by atoms with Gasteiger partial charge < -0.3 is 4.42 Å². The van der Waals surface area contributed by atoms with E-state index in [1.807, 2.05) is 37.4 Å². The van der Waals surface area contributed by atoms with Gasteiger partial charge in [-0.15, -0.1) is 0 Å². The van der Waals surface area contributed by atoms with Crippen molar-refractivity contribution in [1.29, 1.82) is 0 Å². The lowest BCUT2D eigenvalue weighted by atomic mass is 10.2. The summed E-state index contributed by atoms with van der Waals surface area (Å²) in [4.78, 5) is 2.10. The Morgan fingerprint density at radius 3 is 2.35 bits per heavy atom. The standard InChI is InChI=1S/C13H13Cl2NO/c1-16(8-10-4-3-7-17-10)9-11-12(14)5-2-6-13(11)15/h2-7H,8-9H2,1H3. The summed E-state index contributed by atoms with van der Waals surface area (Å²) in [7, 11) is 2.00. The summed E-state index contributed by atoms with van der Waals surface area (Å²) >= 11 is 12.2. The van der Waals surface area contributed by atoms with Crippen LogP contribution in [0.2, 0.25) is 10.0 Å². The molecule has 1 aromatic heterocycles. The van der Waals surface area contributed by atoms with Crippen LogP contribution in [0, 0.1) is 0 Å². The number of hydrogen-bond acceptors (Lipinski definition) is 2. The molecule has 1 heterocycles. The molecule has 0 bridgehead atoms. The highest BCUT2D eigenvalue weighted by Gasteiger charge is 2.09. The minimum atomic E-state index is 0.694. The van der Waals surface area contributed by atoms with Crippen molar-refractivity contribution < 1.29 is 4.42 Å². The molecule has 4 heteroatoms. The molecule has 0 N–H and O–H groups in total. The van der Waals surface area contributed by atoms with E-state index in [2.05, 4.69) is 4.90 Å². The van der Waals surface area contributed by atoms with Gasteiger partial charge in [0.15, 0.2) is 0 Å². The summed E-state index contributed by atoms with van der Waals surface area (Å²) in [6, 6.07) is 9.38. The van der Waals surface area contributed by atoms with Crippen molar-refractivity contribution in [2.75, 3.05) is 7.05 Å². The first-order valence-electron chi connectivity index (χ1n) is 5.30. The zero-order valence-electron chi connectivity index (χ0n) is 9.49. The minimum absolute atomic E-state index is 0.694. The van der Waals surface area contributed by atoms with Crippen molar-refractivity contribution in [3.05, 3.63) is 58.0 Å². The van der Waals surface area contributed by atoms with Crippen LogP contribution in [0.5, 0.6) is 0 Å². The molecular weight excluding hydrogens is 257 g/mol. The molecule has 0 atom stereocenters. The van der Waals surface area contributed by atoms with Crippen LogP contribution in [0.3, 0.4) is 0 Å². The molecule has 0 fully saturated rings. The molecule has 2 nitrogen and oxygen atoms in total. The lowest BCUT2D eigenvalue weighted by molar-refractivity contribution is 0.288. The van der Waals surface area contributed by atoms with Gasteiger partial charge in [-0.2, -0.15) is 0 Å². The highest BCUT2D eigenvalue weighted by atomic mass is 35.5. The molecule has 0 saturated heterocycles. The van der Waals surface area contributed by atoms with E-state index >= 15 is 0 Å². The fourth-order valence-electron chi connectivity index (χ4n) is 1.68. The average molecular weight is 270 g/mol. The van der Waals surface area contributed by atoms with E-state index in [1.54, 1.807) is 6.26 Å². The molecule has 0 aliphatic carbocycles. The summed E-state index contributed by atoms with van der Waals surface area (Å²) in [5, 5.41) is 1.40. The molecule has 0 unspecified atom stereocenters. The van der Waals surface area contributed by atoms with Crippen LogP contribution in [-0.4, -0.2) is 11.9 Å². The van der Waals surface area contributed by atoms with Crippen molar-refractivity contribution in [1.82, 2.24) is 4.90 Å². The summed E-state index contributed by atoms with van der Waals surface area (Å²) in [5.41, 5.74) is 0.949. The molecule has 0 spiro atoms. The second-order valence-corrected chi connectivity index (χ2v) is 4.77. The molecule has 2 aromatic rings. The predicted octanol–water partition coefficient (Wildman–Crippen LogP) is 4.22. The highest BCUT2D eigenvalue weighted by molar-refractivity contribution is 6.35. The smallest absolute Gasteiger partial charge is 0.117 e. The van der Waals surface area contributed by atoms with E-state index < -0.39 is 0 Å². The van der Waals surface area contributed by atoms with Crippen LogP contribution in [0.1, 0.15) is 11.3 Å². The van der Waals surface area contributed by atoms with Gasteiger partial charge in [0.25, 0.3) is 0 Å². The minimum Gasteiger partial charge on any atom is -0.468 e. The van der Waals surface area contributed by atoms with Crippen LogP contribution < -0.4 is 0 Å². The summed E-state index contributed by atoms with van der Waals surface area (Å²) in [5.74, 6) is 0.927. The van der Waals surface area contributed by atoms with E-state index in [0.29, 0.717) is 16.6 Å². The molecule has 0 aliphatic heterocycles. The van der Waals surface area contributed by atoms with Crippen molar-refractivity contribution in [3.63, 3.8) is 0 Å². The molecule has 0 amide bonds. The Morgan fingerprint density at radius 1 is 1.06 bits per heavy atom.